The molecule has 0 bridgehead atoms. The van der Waals surface area contributed by atoms with Gasteiger partial charge in [0.05, 0.1) is 10.2 Å². The van der Waals surface area contributed by atoms with Crippen LogP contribution in [-0.4, -0.2) is 15.3 Å². The fraction of sp³-hybridized carbons (Fsp3) is 0.222. The highest BCUT2D eigenvalue weighted by Gasteiger charge is 2.20. The number of pyridine rings is 1. The van der Waals surface area contributed by atoms with Crippen molar-refractivity contribution < 1.29 is 9.18 Å². The average Bonchev–Trinajstić information content (AvgIpc) is 2.92. The van der Waals surface area contributed by atoms with Gasteiger partial charge in [0.1, 0.15) is 11.5 Å². The van der Waals surface area contributed by atoms with Gasteiger partial charge in [0.15, 0.2) is 5.65 Å². The smallest absolute Gasteiger partial charge is 0.270 e. The number of benzene rings is 1. The number of aryl methyl sites for hydroxylation is 2. The second-order valence-corrected chi connectivity index (χ2v) is 6.45. The summed E-state index contributed by atoms with van der Waals surface area (Å²) >= 11 is 3.49. The molecule has 6 heteroatoms. The van der Waals surface area contributed by atoms with Gasteiger partial charge >= 0.3 is 0 Å². The second kappa shape index (κ2) is 6.73. The minimum absolute atomic E-state index is 0.134. The third-order valence-corrected chi connectivity index (χ3v) is 4.41. The lowest BCUT2D eigenvalue weighted by Gasteiger charge is -2.08. The standard InChI is InChI=1S/C18H17BrFN3O/c1-3-15-16(23-10-11(2)8-13(19)17(23)22-15)18(24)21-9-12-6-4-5-7-14(12)20/h4-8,10H,3,9H2,1-2H3,(H,21,24). The van der Waals surface area contributed by atoms with E-state index in [2.05, 4.69) is 26.2 Å². The van der Waals surface area contributed by atoms with Gasteiger partial charge in [-0.3, -0.25) is 9.20 Å². The SMILES string of the molecule is CCc1nc2c(Br)cc(C)cn2c1C(=O)NCc1ccccc1F. The number of halogens is 2. The maximum atomic E-state index is 13.7. The summed E-state index contributed by atoms with van der Waals surface area (Å²) in [5.74, 6) is -0.592. The van der Waals surface area contributed by atoms with Gasteiger partial charge in [0, 0.05) is 18.3 Å². The highest BCUT2D eigenvalue weighted by atomic mass is 79.9. The lowest BCUT2D eigenvalue weighted by atomic mass is 10.2. The van der Waals surface area contributed by atoms with E-state index in [1.165, 1.54) is 6.07 Å². The number of nitrogens with zero attached hydrogens (tertiary/aromatic N) is 2. The second-order valence-electron chi connectivity index (χ2n) is 5.59. The zero-order valence-corrected chi connectivity index (χ0v) is 15.0. The van der Waals surface area contributed by atoms with E-state index in [1.807, 2.05) is 26.1 Å². The summed E-state index contributed by atoms with van der Waals surface area (Å²) in [6.07, 6.45) is 2.51. The zero-order valence-electron chi connectivity index (χ0n) is 13.4. The van der Waals surface area contributed by atoms with Gasteiger partial charge in [-0.2, -0.15) is 0 Å². The van der Waals surface area contributed by atoms with Crippen LogP contribution in [0, 0.1) is 12.7 Å². The Balaban J connectivity index is 1.96. The molecule has 0 aliphatic carbocycles. The first-order valence-electron chi connectivity index (χ1n) is 7.70. The monoisotopic (exact) mass is 389 g/mol. The molecule has 0 saturated carbocycles. The molecular weight excluding hydrogens is 373 g/mol. The van der Waals surface area contributed by atoms with Gasteiger partial charge in [-0.25, -0.2) is 9.37 Å². The molecule has 3 rings (SSSR count). The summed E-state index contributed by atoms with van der Waals surface area (Å²) in [4.78, 5) is 17.2. The molecule has 1 aromatic carbocycles. The Hall–Kier alpha value is -2.21. The number of carbonyl (C=O) groups excluding carboxylic acids is 1. The zero-order chi connectivity index (χ0) is 17.3. The van der Waals surface area contributed by atoms with Gasteiger partial charge < -0.3 is 5.32 Å². The first kappa shape index (κ1) is 16.6. The molecule has 0 unspecified atom stereocenters. The Morgan fingerprint density at radius 2 is 2.12 bits per heavy atom. The van der Waals surface area contributed by atoms with Crippen molar-refractivity contribution in [3.8, 4) is 0 Å². The van der Waals surface area contributed by atoms with Crippen molar-refractivity contribution in [3.05, 3.63) is 69.3 Å². The molecule has 0 spiro atoms. The number of hydrogen-bond acceptors (Lipinski definition) is 2. The van der Waals surface area contributed by atoms with Crippen LogP contribution in [0.15, 0.2) is 41.0 Å². The predicted octanol–water partition coefficient (Wildman–Crippen LogP) is 4.04. The molecule has 124 valence electrons. The number of hydrogen-bond donors (Lipinski definition) is 1. The van der Waals surface area contributed by atoms with E-state index in [0.717, 1.165) is 10.0 Å². The number of nitrogens with one attached hydrogen (secondary N) is 1. The fourth-order valence-corrected chi connectivity index (χ4v) is 3.31. The van der Waals surface area contributed by atoms with Crippen molar-refractivity contribution in [1.82, 2.24) is 14.7 Å². The first-order chi connectivity index (χ1) is 11.5. The molecule has 0 aliphatic rings. The molecule has 24 heavy (non-hydrogen) atoms. The maximum Gasteiger partial charge on any atom is 0.270 e. The van der Waals surface area contributed by atoms with Crippen LogP contribution in [0.2, 0.25) is 0 Å². The van der Waals surface area contributed by atoms with Crippen LogP contribution in [0.3, 0.4) is 0 Å². The summed E-state index contributed by atoms with van der Waals surface area (Å²) in [5, 5.41) is 2.79. The van der Waals surface area contributed by atoms with E-state index < -0.39 is 0 Å². The van der Waals surface area contributed by atoms with Crippen molar-refractivity contribution >= 4 is 27.5 Å². The van der Waals surface area contributed by atoms with Gasteiger partial charge in [-0.15, -0.1) is 0 Å². The summed E-state index contributed by atoms with van der Waals surface area (Å²) in [5.41, 5.74) is 3.38. The average molecular weight is 390 g/mol. The number of aromatic nitrogens is 2. The Morgan fingerprint density at radius 1 is 1.38 bits per heavy atom. The third-order valence-electron chi connectivity index (χ3n) is 3.83. The molecular formula is C18H17BrFN3O. The van der Waals surface area contributed by atoms with Crippen LogP contribution >= 0.6 is 15.9 Å². The van der Waals surface area contributed by atoms with Crippen LogP contribution in [0.5, 0.6) is 0 Å². The summed E-state index contributed by atoms with van der Waals surface area (Å²) in [6, 6.07) is 8.37. The Morgan fingerprint density at radius 3 is 2.83 bits per heavy atom. The number of amides is 1. The highest BCUT2D eigenvalue weighted by Crippen LogP contribution is 2.23. The van der Waals surface area contributed by atoms with Crippen molar-refractivity contribution in [3.63, 3.8) is 0 Å². The van der Waals surface area contributed by atoms with Gasteiger partial charge in [-0.05, 0) is 47.0 Å². The third kappa shape index (κ3) is 3.06. The summed E-state index contributed by atoms with van der Waals surface area (Å²) < 4.78 is 16.3. The first-order valence-corrected chi connectivity index (χ1v) is 8.49. The quantitative estimate of drug-likeness (QED) is 0.731. The van der Waals surface area contributed by atoms with Crippen LogP contribution in [0.25, 0.3) is 5.65 Å². The molecule has 1 N–H and O–H groups in total. The van der Waals surface area contributed by atoms with E-state index in [1.54, 1.807) is 22.6 Å². The van der Waals surface area contributed by atoms with E-state index in [9.17, 15) is 9.18 Å². The normalized spacial score (nSPS) is 11.0. The molecule has 0 fully saturated rings. The minimum Gasteiger partial charge on any atom is -0.347 e. The Kier molecular flexibility index (Phi) is 4.66. The molecule has 0 saturated heterocycles. The number of carbonyl (C=O) groups is 1. The topological polar surface area (TPSA) is 46.4 Å². The molecule has 2 aromatic heterocycles. The van der Waals surface area contributed by atoms with Crippen molar-refractivity contribution in [2.24, 2.45) is 0 Å². The summed E-state index contributed by atoms with van der Waals surface area (Å²) in [7, 11) is 0. The van der Waals surface area contributed by atoms with E-state index in [0.29, 0.717) is 29.0 Å². The van der Waals surface area contributed by atoms with E-state index in [-0.39, 0.29) is 18.3 Å². The lowest BCUT2D eigenvalue weighted by molar-refractivity contribution is 0.0943. The molecule has 1 amide bonds. The van der Waals surface area contributed by atoms with Gasteiger partial charge in [0.2, 0.25) is 0 Å². The fourth-order valence-electron chi connectivity index (χ4n) is 2.67. The number of fused-ring (bicyclic) bond motifs is 1. The molecule has 3 aromatic rings. The predicted molar refractivity (Wildman–Crippen MR) is 94.6 cm³/mol. The molecule has 4 nitrogen and oxygen atoms in total. The van der Waals surface area contributed by atoms with E-state index in [4.69, 9.17) is 0 Å². The number of rotatable bonds is 4. The lowest BCUT2D eigenvalue weighted by Crippen LogP contribution is -2.25. The minimum atomic E-state index is -0.328. The van der Waals surface area contributed by atoms with Crippen molar-refractivity contribution in [2.45, 2.75) is 26.8 Å². The van der Waals surface area contributed by atoms with Crippen molar-refractivity contribution in [1.29, 1.82) is 0 Å². The largest absolute Gasteiger partial charge is 0.347 e. The van der Waals surface area contributed by atoms with Crippen LogP contribution < -0.4 is 5.32 Å². The van der Waals surface area contributed by atoms with Gasteiger partial charge in [0.25, 0.3) is 5.91 Å². The van der Waals surface area contributed by atoms with Crippen molar-refractivity contribution in [2.75, 3.05) is 0 Å². The molecule has 0 aliphatic heterocycles. The van der Waals surface area contributed by atoms with Crippen LogP contribution in [-0.2, 0) is 13.0 Å². The molecule has 0 atom stereocenters. The highest BCUT2D eigenvalue weighted by molar-refractivity contribution is 9.10. The number of imidazole rings is 1. The summed E-state index contributed by atoms with van der Waals surface area (Å²) in [6.45, 7) is 4.04. The van der Waals surface area contributed by atoms with Crippen LogP contribution in [0.4, 0.5) is 4.39 Å². The Labute approximate surface area is 147 Å². The van der Waals surface area contributed by atoms with Gasteiger partial charge in [-0.1, -0.05) is 25.1 Å². The molecule has 0 radical (unpaired) electrons. The maximum absolute atomic E-state index is 13.7. The van der Waals surface area contributed by atoms with Crippen LogP contribution in [0.1, 0.15) is 34.2 Å². The van der Waals surface area contributed by atoms with E-state index >= 15 is 0 Å². The Bertz CT molecular complexity index is 920. The molecule has 2 heterocycles.